The molecule has 2 rings (SSSR count). The minimum absolute atomic E-state index is 0. The Hall–Kier alpha value is -2.04. The predicted octanol–water partition coefficient (Wildman–Crippen LogP) is 1.60. The largest absolute Gasteiger partial charge is 0.453 e. The highest BCUT2D eigenvalue weighted by molar-refractivity contribution is 14.0. The standard InChI is InChI=1S/C19H29N5O3.HI/c1-20-17(25)15-6-4-5-14(13-15)7-10-22-18(21-2)23-16-8-11-24(12-9-16)19(26)27-3;/h4-6,13,16H,7-12H2,1-3H3,(H,20,25)(H2,21,22,23);1H. The van der Waals surface area contributed by atoms with E-state index in [2.05, 4.69) is 20.9 Å². The Morgan fingerprint density at radius 2 is 2.00 bits per heavy atom. The van der Waals surface area contributed by atoms with Gasteiger partial charge in [-0.15, -0.1) is 24.0 Å². The first kappa shape index (κ1) is 24.0. The van der Waals surface area contributed by atoms with Crippen LogP contribution in [0.25, 0.3) is 0 Å². The number of carbonyl (C=O) groups excluding carboxylic acids is 2. The molecule has 1 fully saturated rings. The van der Waals surface area contributed by atoms with Gasteiger partial charge in [0.25, 0.3) is 5.91 Å². The zero-order valence-electron chi connectivity index (χ0n) is 16.7. The molecule has 1 aromatic rings. The van der Waals surface area contributed by atoms with Crippen molar-refractivity contribution in [3.63, 3.8) is 0 Å². The first-order chi connectivity index (χ1) is 13.1. The number of hydrogen-bond acceptors (Lipinski definition) is 4. The maximum atomic E-state index is 11.7. The minimum Gasteiger partial charge on any atom is -0.453 e. The summed E-state index contributed by atoms with van der Waals surface area (Å²) in [7, 11) is 4.77. The van der Waals surface area contributed by atoms with Crippen LogP contribution in [0.15, 0.2) is 29.3 Å². The molecule has 0 bridgehead atoms. The zero-order chi connectivity index (χ0) is 19.6. The monoisotopic (exact) mass is 503 g/mol. The predicted molar refractivity (Wildman–Crippen MR) is 120 cm³/mol. The topological polar surface area (TPSA) is 95.1 Å². The summed E-state index contributed by atoms with van der Waals surface area (Å²) in [5.74, 6) is 0.662. The maximum absolute atomic E-state index is 11.7. The molecule has 1 aromatic carbocycles. The highest BCUT2D eigenvalue weighted by Crippen LogP contribution is 2.11. The molecule has 1 aliphatic heterocycles. The van der Waals surface area contributed by atoms with Crippen LogP contribution in [0.4, 0.5) is 4.79 Å². The first-order valence-electron chi connectivity index (χ1n) is 9.18. The van der Waals surface area contributed by atoms with Crippen LogP contribution in [-0.2, 0) is 11.2 Å². The Morgan fingerprint density at radius 1 is 1.29 bits per heavy atom. The second kappa shape index (κ2) is 12.4. The molecule has 0 spiro atoms. The van der Waals surface area contributed by atoms with Gasteiger partial charge in [0.05, 0.1) is 7.11 Å². The van der Waals surface area contributed by atoms with Gasteiger partial charge in [0.1, 0.15) is 0 Å². The Labute approximate surface area is 183 Å². The van der Waals surface area contributed by atoms with Crippen molar-refractivity contribution in [2.24, 2.45) is 4.99 Å². The summed E-state index contributed by atoms with van der Waals surface area (Å²) in [6.45, 7) is 2.05. The Balaban J connectivity index is 0.00000392. The molecule has 9 heteroatoms. The Bertz CT molecular complexity index is 675. The average Bonchev–Trinajstić information content (AvgIpc) is 2.72. The Morgan fingerprint density at radius 3 is 2.61 bits per heavy atom. The van der Waals surface area contributed by atoms with Crippen molar-refractivity contribution in [2.45, 2.75) is 25.3 Å². The van der Waals surface area contributed by atoms with E-state index in [1.165, 1.54) is 7.11 Å². The van der Waals surface area contributed by atoms with E-state index < -0.39 is 0 Å². The fraction of sp³-hybridized carbons (Fsp3) is 0.526. The van der Waals surface area contributed by atoms with E-state index in [0.29, 0.717) is 25.2 Å². The van der Waals surface area contributed by atoms with Crippen molar-refractivity contribution in [1.82, 2.24) is 20.9 Å². The van der Waals surface area contributed by atoms with E-state index in [1.54, 1.807) is 25.1 Å². The molecule has 0 aliphatic carbocycles. The number of hydrogen-bond donors (Lipinski definition) is 3. The lowest BCUT2D eigenvalue weighted by atomic mass is 10.1. The number of rotatable bonds is 5. The third-order valence-electron chi connectivity index (χ3n) is 4.61. The quantitative estimate of drug-likeness (QED) is 0.323. The van der Waals surface area contributed by atoms with Gasteiger partial charge in [-0.25, -0.2) is 4.79 Å². The third-order valence-corrected chi connectivity index (χ3v) is 4.61. The number of guanidine groups is 1. The molecule has 1 aliphatic rings. The lowest BCUT2D eigenvalue weighted by Crippen LogP contribution is -2.50. The Kier molecular flexibility index (Phi) is 10.6. The van der Waals surface area contributed by atoms with E-state index >= 15 is 0 Å². The number of benzene rings is 1. The molecule has 0 radical (unpaired) electrons. The number of amides is 2. The molecule has 0 atom stereocenters. The molecular weight excluding hydrogens is 473 g/mol. The van der Waals surface area contributed by atoms with Crippen LogP contribution in [-0.4, -0.2) is 69.7 Å². The number of methoxy groups -OCH3 is 1. The maximum Gasteiger partial charge on any atom is 0.409 e. The number of halogens is 1. The molecule has 1 saturated heterocycles. The number of ether oxygens (including phenoxy) is 1. The van der Waals surface area contributed by atoms with Gasteiger partial charge in [0.2, 0.25) is 0 Å². The van der Waals surface area contributed by atoms with E-state index in [-0.39, 0.29) is 42.0 Å². The normalized spacial score (nSPS) is 14.7. The van der Waals surface area contributed by atoms with Gasteiger partial charge in [-0.2, -0.15) is 0 Å². The van der Waals surface area contributed by atoms with Crippen molar-refractivity contribution in [1.29, 1.82) is 0 Å². The number of aliphatic imine (C=N–C) groups is 1. The molecule has 8 nitrogen and oxygen atoms in total. The van der Waals surface area contributed by atoms with Gasteiger partial charge in [0.15, 0.2) is 5.96 Å². The second-order valence-electron chi connectivity index (χ2n) is 6.40. The van der Waals surface area contributed by atoms with Gasteiger partial charge in [0, 0.05) is 45.3 Å². The van der Waals surface area contributed by atoms with E-state index in [0.717, 1.165) is 30.8 Å². The van der Waals surface area contributed by atoms with Crippen molar-refractivity contribution < 1.29 is 14.3 Å². The van der Waals surface area contributed by atoms with Crippen molar-refractivity contribution in [3.8, 4) is 0 Å². The number of piperidine rings is 1. The molecule has 3 N–H and O–H groups in total. The van der Waals surface area contributed by atoms with Crippen LogP contribution in [0.1, 0.15) is 28.8 Å². The molecule has 28 heavy (non-hydrogen) atoms. The van der Waals surface area contributed by atoms with Gasteiger partial charge in [-0.1, -0.05) is 12.1 Å². The van der Waals surface area contributed by atoms with E-state index in [9.17, 15) is 9.59 Å². The van der Waals surface area contributed by atoms with Gasteiger partial charge in [-0.3, -0.25) is 9.79 Å². The first-order valence-corrected chi connectivity index (χ1v) is 9.18. The van der Waals surface area contributed by atoms with Gasteiger partial charge < -0.3 is 25.6 Å². The van der Waals surface area contributed by atoms with Gasteiger partial charge in [-0.05, 0) is 37.0 Å². The summed E-state index contributed by atoms with van der Waals surface area (Å²) in [5.41, 5.74) is 1.75. The van der Waals surface area contributed by atoms with E-state index in [1.807, 2.05) is 18.2 Å². The number of nitrogens with one attached hydrogen (secondary N) is 3. The van der Waals surface area contributed by atoms with E-state index in [4.69, 9.17) is 4.74 Å². The fourth-order valence-electron chi connectivity index (χ4n) is 3.06. The summed E-state index contributed by atoms with van der Waals surface area (Å²) >= 11 is 0. The van der Waals surface area contributed by atoms with Crippen LogP contribution in [0.3, 0.4) is 0 Å². The van der Waals surface area contributed by atoms with Crippen LogP contribution < -0.4 is 16.0 Å². The molecule has 0 unspecified atom stereocenters. The number of carbonyl (C=O) groups is 2. The molecule has 1 heterocycles. The lowest BCUT2D eigenvalue weighted by Gasteiger charge is -2.32. The summed E-state index contributed by atoms with van der Waals surface area (Å²) in [6.07, 6.45) is 2.22. The SMILES string of the molecule is CN=C(NCCc1cccc(C(=O)NC)c1)NC1CCN(C(=O)OC)CC1.I. The second-order valence-corrected chi connectivity index (χ2v) is 6.40. The van der Waals surface area contributed by atoms with Crippen molar-refractivity contribution >= 4 is 41.9 Å². The molecule has 0 aromatic heterocycles. The lowest BCUT2D eigenvalue weighted by molar-refractivity contribution is 0.0962. The average molecular weight is 503 g/mol. The minimum atomic E-state index is -0.269. The fourth-order valence-corrected chi connectivity index (χ4v) is 3.06. The van der Waals surface area contributed by atoms with Crippen LogP contribution in [0.2, 0.25) is 0 Å². The summed E-state index contributed by atoms with van der Waals surface area (Å²) in [4.78, 5) is 29.2. The summed E-state index contributed by atoms with van der Waals surface area (Å²) < 4.78 is 4.76. The third kappa shape index (κ3) is 7.17. The molecular formula is C19H30IN5O3. The highest BCUT2D eigenvalue weighted by atomic mass is 127. The number of nitrogens with zero attached hydrogens (tertiary/aromatic N) is 2. The van der Waals surface area contributed by atoms with Gasteiger partial charge >= 0.3 is 6.09 Å². The molecule has 2 amide bonds. The zero-order valence-corrected chi connectivity index (χ0v) is 19.0. The molecule has 156 valence electrons. The van der Waals surface area contributed by atoms with Crippen LogP contribution in [0.5, 0.6) is 0 Å². The number of likely N-dealkylation sites (tertiary alicyclic amines) is 1. The van der Waals surface area contributed by atoms with Crippen molar-refractivity contribution in [3.05, 3.63) is 35.4 Å². The van der Waals surface area contributed by atoms with Crippen LogP contribution in [0, 0.1) is 0 Å². The smallest absolute Gasteiger partial charge is 0.409 e. The van der Waals surface area contributed by atoms with Crippen LogP contribution >= 0.6 is 24.0 Å². The van der Waals surface area contributed by atoms with Crippen molar-refractivity contribution in [2.75, 3.05) is 40.8 Å². The molecule has 0 saturated carbocycles. The summed E-state index contributed by atoms with van der Waals surface area (Å²) in [5, 5.41) is 9.35. The summed E-state index contributed by atoms with van der Waals surface area (Å²) in [6, 6.07) is 7.87. The highest BCUT2D eigenvalue weighted by Gasteiger charge is 2.23.